The first kappa shape index (κ1) is 10.8. The molecule has 0 amide bonds. The number of allylic oxidation sites excluding steroid dienone is 1. The van der Waals surface area contributed by atoms with Gasteiger partial charge in [0.1, 0.15) is 5.75 Å². The monoisotopic (exact) mass is 192 g/mol. The highest BCUT2D eigenvalue weighted by Crippen LogP contribution is 2.20. The number of rotatable bonds is 5. The summed E-state index contributed by atoms with van der Waals surface area (Å²) in [6.45, 7) is 6.35. The Morgan fingerprint density at radius 2 is 2.21 bits per heavy atom. The van der Waals surface area contributed by atoms with Crippen LogP contribution in [0.5, 0.6) is 5.75 Å². The minimum Gasteiger partial charge on any atom is -0.468 e. The maximum Gasteiger partial charge on any atom is 0.188 e. The van der Waals surface area contributed by atoms with E-state index in [0.29, 0.717) is 0 Å². The van der Waals surface area contributed by atoms with E-state index in [1.54, 1.807) is 7.11 Å². The second-order valence-electron chi connectivity index (χ2n) is 3.04. The SMILES string of the molecule is C=C(CC)c1cccc(OCOC)c1. The zero-order chi connectivity index (χ0) is 10.4. The molecule has 1 aromatic rings. The molecule has 0 radical (unpaired) electrons. The highest BCUT2D eigenvalue weighted by Gasteiger charge is 1.98. The van der Waals surface area contributed by atoms with E-state index in [-0.39, 0.29) is 6.79 Å². The van der Waals surface area contributed by atoms with Crippen molar-refractivity contribution in [3.05, 3.63) is 36.4 Å². The van der Waals surface area contributed by atoms with Gasteiger partial charge in [-0.1, -0.05) is 25.6 Å². The number of methoxy groups -OCH3 is 1. The van der Waals surface area contributed by atoms with E-state index in [1.807, 2.05) is 24.3 Å². The van der Waals surface area contributed by atoms with Crippen molar-refractivity contribution >= 4 is 5.57 Å². The molecule has 0 fully saturated rings. The van der Waals surface area contributed by atoms with E-state index in [4.69, 9.17) is 9.47 Å². The quantitative estimate of drug-likeness (QED) is 0.667. The Morgan fingerprint density at radius 1 is 1.43 bits per heavy atom. The molecule has 0 aliphatic heterocycles. The van der Waals surface area contributed by atoms with Crippen LogP contribution in [0.25, 0.3) is 5.57 Å². The zero-order valence-electron chi connectivity index (χ0n) is 8.75. The minimum atomic E-state index is 0.280. The lowest BCUT2D eigenvalue weighted by Gasteiger charge is -2.07. The predicted molar refractivity (Wildman–Crippen MR) is 58.3 cm³/mol. The van der Waals surface area contributed by atoms with Gasteiger partial charge in [-0.2, -0.15) is 0 Å². The molecule has 0 heterocycles. The highest BCUT2D eigenvalue weighted by molar-refractivity contribution is 5.64. The van der Waals surface area contributed by atoms with Crippen LogP contribution in [0, 0.1) is 0 Å². The lowest BCUT2D eigenvalue weighted by atomic mass is 10.1. The van der Waals surface area contributed by atoms with E-state index < -0.39 is 0 Å². The smallest absolute Gasteiger partial charge is 0.188 e. The van der Waals surface area contributed by atoms with Gasteiger partial charge in [-0.15, -0.1) is 0 Å². The largest absolute Gasteiger partial charge is 0.468 e. The molecular formula is C12H16O2. The van der Waals surface area contributed by atoms with E-state index in [2.05, 4.69) is 13.5 Å². The Kier molecular flexibility index (Phi) is 4.20. The molecule has 0 N–H and O–H groups in total. The normalized spacial score (nSPS) is 9.86. The maximum absolute atomic E-state index is 5.33. The Morgan fingerprint density at radius 3 is 2.86 bits per heavy atom. The molecule has 0 saturated heterocycles. The van der Waals surface area contributed by atoms with Gasteiger partial charge in [0.25, 0.3) is 0 Å². The molecule has 0 aromatic heterocycles. The lowest BCUT2D eigenvalue weighted by Crippen LogP contribution is -1.98. The average molecular weight is 192 g/mol. The van der Waals surface area contributed by atoms with E-state index in [1.165, 1.54) is 0 Å². The molecule has 0 unspecified atom stereocenters. The zero-order valence-corrected chi connectivity index (χ0v) is 8.75. The third-order valence-corrected chi connectivity index (χ3v) is 2.01. The van der Waals surface area contributed by atoms with E-state index in [9.17, 15) is 0 Å². The summed E-state index contributed by atoms with van der Waals surface area (Å²) in [5.74, 6) is 0.818. The van der Waals surface area contributed by atoms with Crippen LogP contribution in [-0.4, -0.2) is 13.9 Å². The molecular weight excluding hydrogens is 176 g/mol. The van der Waals surface area contributed by atoms with Gasteiger partial charge < -0.3 is 9.47 Å². The van der Waals surface area contributed by atoms with Crippen LogP contribution < -0.4 is 4.74 Å². The summed E-state index contributed by atoms with van der Waals surface area (Å²) >= 11 is 0. The molecule has 0 saturated carbocycles. The van der Waals surface area contributed by atoms with Crippen molar-refractivity contribution in [2.75, 3.05) is 13.9 Å². The van der Waals surface area contributed by atoms with Crippen LogP contribution >= 0.6 is 0 Å². The van der Waals surface area contributed by atoms with Gasteiger partial charge >= 0.3 is 0 Å². The van der Waals surface area contributed by atoms with Crippen molar-refractivity contribution in [1.82, 2.24) is 0 Å². The molecule has 2 heteroatoms. The molecule has 1 aromatic carbocycles. The second kappa shape index (κ2) is 5.45. The first-order chi connectivity index (χ1) is 6.77. The van der Waals surface area contributed by atoms with Crippen molar-refractivity contribution in [1.29, 1.82) is 0 Å². The molecule has 14 heavy (non-hydrogen) atoms. The third-order valence-electron chi connectivity index (χ3n) is 2.01. The van der Waals surface area contributed by atoms with E-state index >= 15 is 0 Å². The first-order valence-corrected chi connectivity index (χ1v) is 4.68. The fraction of sp³-hybridized carbons (Fsp3) is 0.333. The fourth-order valence-corrected chi connectivity index (χ4v) is 1.14. The van der Waals surface area contributed by atoms with Gasteiger partial charge in [0.05, 0.1) is 0 Å². The van der Waals surface area contributed by atoms with Crippen LogP contribution in [0.15, 0.2) is 30.8 Å². The van der Waals surface area contributed by atoms with Crippen molar-refractivity contribution in [2.24, 2.45) is 0 Å². The van der Waals surface area contributed by atoms with Gasteiger partial charge in [-0.05, 0) is 29.7 Å². The summed E-state index contributed by atoms with van der Waals surface area (Å²) in [6.07, 6.45) is 0.952. The van der Waals surface area contributed by atoms with Crippen LogP contribution in [0.3, 0.4) is 0 Å². The maximum atomic E-state index is 5.33. The summed E-state index contributed by atoms with van der Waals surface area (Å²) in [5, 5.41) is 0. The van der Waals surface area contributed by atoms with Crippen molar-refractivity contribution in [2.45, 2.75) is 13.3 Å². The molecule has 1 rings (SSSR count). The van der Waals surface area contributed by atoms with Gasteiger partial charge in [0.2, 0.25) is 0 Å². The third kappa shape index (κ3) is 2.89. The first-order valence-electron chi connectivity index (χ1n) is 4.68. The molecule has 0 atom stereocenters. The number of ether oxygens (including phenoxy) is 2. The van der Waals surface area contributed by atoms with Crippen molar-refractivity contribution < 1.29 is 9.47 Å². The fourth-order valence-electron chi connectivity index (χ4n) is 1.14. The van der Waals surface area contributed by atoms with E-state index in [0.717, 1.165) is 23.3 Å². The molecule has 0 bridgehead atoms. The highest BCUT2D eigenvalue weighted by atomic mass is 16.7. The average Bonchev–Trinajstić information content (AvgIpc) is 2.25. The molecule has 76 valence electrons. The van der Waals surface area contributed by atoms with Crippen LogP contribution in [0.2, 0.25) is 0 Å². The van der Waals surface area contributed by atoms with Crippen LogP contribution in [-0.2, 0) is 4.74 Å². The molecule has 0 aliphatic rings. The summed E-state index contributed by atoms with van der Waals surface area (Å²) in [5.41, 5.74) is 2.24. The lowest BCUT2D eigenvalue weighted by molar-refractivity contribution is 0.0511. The van der Waals surface area contributed by atoms with Crippen LogP contribution in [0.4, 0.5) is 0 Å². The summed E-state index contributed by atoms with van der Waals surface area (Å²) in [7, 11) is 1.61. The summed E-state index contributed by atoms with van der Waals surface area (Å²) in [4.78, 5) is 0. The topological polar surface area (TPSA) is 18.5 Å². The molecule has 2 nitrogen and oxygen atoms in total. The summed E-state index contributed by atoms with van der Waals surface area (Å²) < 4.78 is 10.2. The van der Waals surface area contributed by atoms with Crippen molar-refractivity contribution in [3.63, 3.8) is 0 Å². The van der Waals surface area contributed by atoms with Crippen molar-refractivity contribution in [3.8, 4) is 5.75 Å². The Labute approximate surface area is 85.2 Å². The summed E-state index contributed by atoms with van der Waals surface area (Å²) in [6, 6.07) is 7.88. The standard InChI is InChI=1S/C12H16O2/c1-4-10(2)11-6-5-7-12(8-11)14-9-13-3/h5-8H,2,4,9H2,1,3H3. The Hall–Kier alpha value is -1.28. The number of hydrogen-bond acceptors (Lipinski definition) is 2. The minimum absolute atomic E-state index is 0.280. The van der Waals surface area contributed by atoms with Crippen LogP contribution in [0.1, 0.15) is 18.9 Å². The van der Waals surface area contributed by atoms with Gasteiger partial charge in [0, 0.05) is 7.11 Å². The Bertz CT molecular complexity index is 305. The van der Waals surface area contributed by atoms with Gasteiger partial charge in [-0.25, -0.2) is 0 Å². The van der Waals surface area contributed by atoms with Gasteiger partial charge in [-0.3, -0.25) is 0 Å². The Balaban J connectivity index is 2.73. The molecule has 0 aliphatic carbocycles. The number of hydrogen-bond donors (Lipinski definition) is 0. The van der Waals surface area contributed by atoms with Gasteiger partial charge in [0.15, 0.2) is 6.79 Å². The predicted octanol–water partition coefficient (Wildman–Crippen LogP) is 3.09. The number of benzene rings is 1. The molecule has 0 spiro atoms. The second-order valence-corrected chi connectivity index (χ2v) is 3.04.